The van der Waals surface area contributed by atoms with Crippen LogP contribution in [0.5, 0.6) is 5.75 Å². The van der Waals surface area contributed by atoms with Gasteiger partial charge in [0, 0.05) is 17.8 Å². The fourth-order valence-electron chi connectivity index (χ4n) is 5.60. The molecule has 0 spiro atoms. The number of nitrogens with zero attached hydrogens (tertiary/aromatic N) is 1. The predicted molar refractivity (Wildman–Crippen MR) is 186 cm³/mol. The van der Waals surface area contributed by atoms with E-state index in [0.29, 0.717) is 29.7 Å². The summed E-state index contributed by atoms with van der Waals surface area (Å²) in [6.07, 6.45) is 5.61. The number of amides is 3. The molecule has 8 heteroatoms. The number of unbranched alkanes of at least 4 members (excludes halogenated alkanes) is 5. The molecule has 8 nitrogen and oxygen atoms in total. The Bertz CT molecular complexity index is 1460. The average molecular weight is 632 g/mol. The summed E-state index contributed by atoms with van der Waals surface area (Å²) >= 11 is 0. The lowest BCUT2D eigenvalue weighted by molar-refractivity contribution is -0.141. The molecule has 0 aliphatic carbocycles. The highest BCUT2D eigenvalue weighted by Gasteiger charge is 2.38. The number of nitrogens with one attached hydrogen (secondary N) is 2. The van der Waals surface area contributed by atoms with Crippen LogP contribution in [0.15, 0.2) is 60.7 Å². The van der Waals surface area contributed by atoms with Gasteiger partial charge in [0.15, 0.2) is 0 Å². The van der Waals surface area contributed by atoms with E-state index in [1.807, 2.05) is 56.3 Å². The van der Waals surface area contributed by atoms with Crippen LogP contribution >= 0.6 is 0 Å². The lowest BCUT2D eigenvalue weighted by Crippen LogP contribution is -2.53. The summed E-state index contributed by atoms with van der Waals surface area (Å²) in [6.45, 7) is 13.5. The maximum absolute atomic E-state index is 14.6. The Morgan fingerprint density at radius 2 is 1.57 bits per heavy atom. The Morgan fingerprint density at radius 3 is 2.24 bits per heavy atom. The number of aromatic hydroxyl groups is 1. The van der Waals surface area contributed by atoms with Crippen molar-refractivity contribution in [2.24, 2.45) is 5.92 Å². The topological polar surface area (TPSA) is 108 Å². The minimum absolute atomic E-state index is 0.0394. The normalized spacial score (nSPS) is 12.9. The maximum atomic E-state index is 14.6. The Labute approximate surface area is 274 Å². The fourth-order valence-corrected chi connectivity index (χ4v) is 5.60. The molecule has 3 amide bonds. The number of carbonyl (C=O) groups excluding carboxylic acids is 3. The van der Waals surface area contributed by atoms with E-state index < -0.39 is 35.6 Å². The first-order valence-corrected chi connectivity index (χ1v) is 16.7. The van der Waals surface area contributed by atoms with Crippen molar-refractivity contribution in [3.63, 3.8) is 0 Å². The van der Waals surface area contributed by atoms with Crippen molar-refractivity contribution in [1.29, 1.82) is 0 Å². The van der Waals surface area contributed by atoms with E-state index >= 15 is 0 Å². The van der Waals surface area contributed by atoms with Gasteiger partial charge in [0.25, 0.3) is 5.91 Å². The zero-order valence-corrected chi connectivity index (χ0v) is 28.7. The Morgan fingerprint density at radius 1 is 0.891 bits per heavy atom. The fraction of sp³-hybridized carbons (Fsp3) is 0.500. The highest BCUT2D eigenvalue weighted by Crippen LogP contribution is 2.34. The molecule has 3 rings (SSSR count). The van der Waals surface area contributed by atoms with Gasteiger partial charge in [0.1, 0.15) is 23.4 Å². The number of benzene rings is 3. The van der Waals surface area contributed by atoms with Gasteiger partial charge in [-0.1, -0.05) is 101 Å². The molecular formula is C38H53N3O5. The first-order valence-electron chi connectivity index (χ1n) is 16.7. The van der Waals surface area contributed by atoms with Gasteiger partial charge in [-0.05, 0) is 74.9 Å². The number of aryl methyl sites for hydroxylation is 1. The minimum atomic E-state index is -1.15. The number of fused-ring (bicyclic) bond motifs is 1. The van der Waals surface area contributed by atoms with E-state index in [2.05, 4.69) is 17.6 Å². The van der Waals surface area contributed by atoms with Crippen molar-refractivity contribution in [2.45, 2.75) is 111 Å². The summed E-state index contributed by atoms with van der Waals surface area (Å²) in [5.74, 6) is -0.816. The quantitative estimate of drug-likeness (QED) is 0.146. The lowest BCUT2D eigenvalue weighted by Gasteiger charge is -2.35. The molecule has 3 aromatic carbocycles. The van der Waals surface area contributed by atoms with Crippen molar-refractivity contribution in [1.82, 2.24) is 10.2 Å². The van der Waals surface area contributed by atoms with Crippen LogP contribution in [-0.2, 0) is 14.3 Å². The number of para-hydroxylation sites is 1. The third-order valence-electron chi connectivity index (χ3n) is 7.87. The largest absolute Gasteiger partial charge is 0.507 e. The summed E-state index contributed by atoms with van der Waals surface area (Å²) < 4.78 is 5.52. The highest BCUT2D eigenvalue weighted by atomic mass is 16.6. The molecule has 0 heterocycles. The molecule has 3 N–H and O–H groups in total. The molecule has 0 aliphatic heterocycles. The third-order valence-corrected chi connectivity index (χ3v) is 7.87. The Balaban J connectivity index is 2.06. The number of alkyl carbamates (subject to hydrolysis) is 1. The van der Waals surface area contributed by atoms with Gasteiger partial charge in [-0.15, -0.1) is 0 Å². The molecule has 46 heavy (non-hydrogen) atoms. The van der Waals surface area contributed by atoms with E-state index in [0.717, 1.165) is 42.9 Å². The first-order chi connectivity index (χ1) is 21.8. The molecule has 0 saturated carbocycles. The number of rotatable bonds is 15. The van der Waals surface area contributed by atoms with Crippen LogP contribution in [-0.4, -0.2) is 46.1 Å². The number of phenols is 1. The Kier molecular flexibility index (Phi) is 13.5. The second kappa shape index (κ2) is 17.0. The molecule has 0 fully saturated rings. The number of hydrogen-bond donors (Lipinski definition) is 3. The smallest absolute Gasteiger partial charge is 0.408 e. The van der Waals surface area contributed by atoms with Crippen LogP contribution in [0.25, 0.3) is 10.8 Å². The molecule has 0 bridgehead atoms. The van der Waals surface area contributed by atoms with Crippen molar-refractivity contribution in [2.75, 3.05) is 11.9 Å². The number of carbonyl (C=O) groups is 3. The van der Waals surface area contributed by atoms with Crippen LogP contribution in [0.1, 0.15) is 104 Å². The number of hydrogen-bond acceptors (Lipinski definition) is 5. The van der Waals surface area contributed by atoms with E-state index in [-0.39, 0.29) is 18.2 Å². The van der Waals surface area contributed by atoms with E-state index in [1.54, 1.807) is 45.9 Å². The Hall–Kier alpha value is -4.07. The molecule has 2 unspecified atom stereocenters. The summed E-state index contributed by atoms with van der Waals surface area (Å²) in [7, 11) is 0. The second-order valence-corrected chi connectivity index (χ2v) is 13.6. The molecule has 2 atom stereocenters. The highest BCUT2D eigenvalue weighted by molar-refractivity contribution is 6.00. The van der Waals surface area contributed by atoms with E-state index in [9.17, 15) is 19.5 Å². The molecule has 0 saturated heterocycles. The monoisotopic (exact) mass is 631 g/mol. The predicted octanol–water partition coefficient (Wildman–Crippen LogP) is 8.66. The van der Waals surface area contributed by atoms with E-state index in [1.165, 1.54) is 4.90 Å². The summed E-state index contributed by atoms with van der Waals surface area (Å²) in [4.78, 5) is 43.4. The van der Waals surface area contributed by atoms with Crippen molar-refractivity contribution in [3.05, 3.63) is 71.8 Å². The number of phenolic OH excluding ortho intramolecular Hbond substituents is 1. The third kappa shape index (κ3) is 10.8. The lowest BCUT2D eigenvalue weighted by atomic mass is 9.96. The zero-order valence-electron chi connectivity index (χ0n) is 28.7. The van der Waals surface area contributed by atoms with Crippen molar-refractivity contribution >= 4 is 34.4 Å². The molecule has 250 valence electrons. The van der Waals surface area contributed by atoms with Crippen LogP contribution in [0.4, 0.5) is 10.5 Å². The summed E-state index contributed by atoms with van der Waals surface area (Å²) in [5.41, 5.74) is 0.763. The van der Waals surface area contributed by atoms with Gasteiger partial charge in [-0.2, -0.15) is 0 Å². The van der Waals surface area contributed by atoms with Gasteiger partial charge in [0.05, 0.1) is 0 Å². The molecular weight excluding hydrogens is 578 g/mol. The molecule has 0 aromatic heterocycles. The van der Waals surface area contributed by atoms with Crippen LogP contribution in [0, 0.1) is 12.8 Å². The maximum Gasteiger partial charge on any atom is 0.408 e. The molecule has 0 aliphatic rings. The van der Waals surface area contributed by atoms with Crippen LogP contribution < -0.4 is 10.6 Å². The average Bonchev–Trinajstić information content (AvgIpc) is 2.98. The van der Waals surface area contributed by atoms with Crippen molar-refractivity contribution in [3.8, 4) is 5.75 Å². The van der Waals surface area contributed by atoms with E-state index in [4.69, 9.17) is 4.74 Å². The minimum Gasteiger partial charge on any atom is -0.507 e. The van der Waals surface area contributed by atoms with Crippen LogP contribution in [0.2, 0.25) is 0 Å². The summed E-state index contributed by atoms with van der Waals surface area (Å²) in [6, 6.07) is 16.7. The van der Waals surface area contributed by atoms with Crippen molar-refractivity contribution < 1.29 is 24.2 Å². The van der Waals surface area contributed by atoms with Gasteiger partial charge >= 0.3 is 6.09 Å². The molecule has 3 aromatic rings. The standard InChI is InChI=1S/C38H53N3O5/c1-8-9-10-11-12-15-23-41(36(44)32(24-26(2)3)40-37(45)46-38(5,6)7)33(31-20-16-17-27(4)34(31)42)35(43)39-30-22-21-28-18-13-14-19-29(28)25-30/h13-14,16-22,25-26,32-33,42H,8-12,15,23-24H2,1-7H3,(H,39,43)(H,40,45). The number of ether oxygens (including phenoxy) is 1. The summed E-state index contributed by atoms with van der Waals surface area (Å²) in [5, 5.41) is 19.1. The van der Waals surface area contributed by atoms with Crippen LogP contribution in [0.3, 0.4) is 0 Å². The van der Waals surface area contributed by atoms with Gasteiger partial charge < -0.3 is 25.4 Å². The van der Waals surface area contributed by atoms with Gasteiger partial charge in [0.2, 0.25) is 5.91 Å². The first kappa shape index (κ1) is 36.4. The van der Waals surface area contributed by atoms with Gasteiger partial charge in [-0.25, -0.2) is 4.79 Å². The molecule has 0 radical (unpaired) electrons. The SMILES string of the molecule is CCCCCCCCN(C(=O)C(CC(C)C)NC(=O)OC(C)(C)C)C(C(=O)Nc1ccc2ccccc2c1)c1cccc(C)c1O. The zero-order chi connectivity index (χ0) is 33.9. The second-order valence-electron chi connectivity index (χ2n) is 13.6. The number of anilines is 1. The van der Waals surface area contributed by atoms with Gasteiger partial charge in [-0.3, -0.25) is 9.59 Å².